The van der Waals surface area contributed by atoms with Crippen LogP contribution >= 0.6 is 0 Å². The van der Waals surface area contributed by atoms with Gasteiger partial charge in [0.1, 0.15) is 0 Å². The van der Waals surface area contributed by atoms with Gasteiger partial charge in [-0.1, -0.05) is 29.3 Å². The van der Waals surface area contributed by atoms with Crippen molar-refractivity contribution < 1.29 is 18.0 Å². The van der Waals surface area contributed by atoms with Crippen LogP contribution in [0.25, 0.3) is 0 Å². The van der Waals surface area contributed by atoms with Crippen molar-refractivity contribution in [2.75, 3.05) is 13.1 Å². The number of terminal acetylenes is 1. The summed E-state index contributed by atoms with van der Waals surface area (Å²) in [5, 5.41) is 7.55. The van der Waals surface area contributed by atoms with E-state index in [1.54, 1.807) is 6.07 Å². The molecule has 0 aliphatic carbocycles. The van der Waals surface area contributed by atoms with E-state index in [2.05, 4.69) is 22.8 Å². The van der Waals surface area contributed by atoms with Gasteiger partial charge in [-0.25, -0.2) is 4.68 Å². The van der Waals surface area contributed by atoms with Gasteiger partial charge in [-0.2, -0.15) is 13.2 Å². The SMILES string of the molecule is C#CCN(CC=C)C(=O)c1cn(Cc2cccc(C(F)(F)F)c2)nn1. The predicted molar refractivity (Wildman–Crippen MR) is 85.5 cm³/mol. The van der Waals surface area contributed by atoms with E-state index in [-0.39, 0.29) is 25.3 Å². The van der Waals surface area contributed by atoms with Gasteiger partial charge in [0.2, 0.25) is 0 Å². The van der Waals surface area contributed by atoms with Crippen LogP contribution in [0, 0.1) is 12.3 Å². The third-order valence-electron chi connectivity index (χ3n) is 3.28. The molecular weight excluding hydrogens is 333 g/mol. The molecule has 1 amide bonds. The Morgan fingerprint density at radius 1 is 1.44 bits per heavy atom. The van der Waals surface area contributed by atoms with Crippen LogP contribution in [-0.4, -0.2) is 38.9 Å². The summed E-state index contributed by atoms with van der Waals surface area (Å²) in [7, 11) is 0. The van der Waals surface area contributed by atoms with Crippen LogP contribution in [0.15, 0.2) is 43.1 Å². The third kappa shape index (κ3) is 4.70. The third-order valence-corrected chi connectivity index (χ3v) is 3.28. The summed E-state index contributed by atoms with van der Waals surface area (Å²) in [6.45, 7) is 3.95. The summed E-state index contributed by atoms with van der Waals surface area (Å²) in [4.78, 5) is 13.6. The number of rotatable bonds is 6. The molecule has 0 spiro atoms. The number of hydrogen-bond acceptors (Lipinski definition) is 3. The average Bonchev–Trinajstić information content (AvgIpc) is 3.02. The number of nitrogens with zero attached hydrogens (tertiary/aromatic N) is 4. The Morgan fingerprint density at radius 3 is 2.84 bits per heavy atom. The van der Waals surface area contributed by atoms with Gasteiger partial charge in [0.25, 0.3) is 5.91 Å². The number of aromatic nitrogens is 3. The molecule has 2 rings (SSSR count). The van der Waals surface area contributed by atoms with Crippen molar-refractivity contribution in [2.45, 2.75) is 12.7 Å². The average molecular weight is 348 g/mol. The van der Waals surface area contributed by atoms with E-state index in [0.29, 0.717) is 5.56 Å². The zero-order valence-corrected chi connectivity index (χ0v) is 13.2. The molecule has 0 N–H and O–H groups in total. The van der Waals surface area contributed by atoms with Crippen molar-refractivity contribution in [3.8, 4) is 12.3 Å². The molecule has 130 valence electrons. The Bertz CT molecular complexity index is 805. The topological polar surface area (TPSA) is 51.0 Å². The molecule has 0 bridgehead atoms. The minimum Gasteiger partial charge on any atom is -0.322 e. The lowest BCUT2D eigenvalue weighted by atomic mass is 10.1. The van der Waals surface area contributed by atoms with E-state index in [1.165, 1.54) is 27.9 Å². The van der Waals surface area contributed by atoms with E-state index in [1.807, 2.05) is 0 Å². The molecule has 0 aliphatic rings. The fraction of sp³-hybridized carbons (Fsp3) is 0.235. The second kappa shape index (κ2) is 7.66. The summed E-state index contributed by atoms with van der Waals surface area (Å²) in [5.41, 5.74) is -0.290. The zero-order valence-electron chi connectivity index (χ0n) is 13.2. The van der Waals surface area contributed by atoms with Gasteiger partial charge in [0, 0.05) is 6.54 Å². The smallest absolute Gasteiger partial charge is 0.322 e. The molecule has 1 aromatic carbocycles. The van der Waals surface area contributed by atoms with E-state index < -0.39 is 17.6 Å². The summed E-state index contributed by atoms with van der Waals surface area (Å²) >= 11 is 0. The monoisotopic (exact) mass is 348 g/mol. The van der Waals surface area contributed by atoms with Crippen molar-refractivity contribution in [1.29, 1.82) is 0 Å². The fourth-order valence-corrected chi connectivity index (χ4v) is 2.15. The first kappa shape index (κ1) is 18.3. The Hall–Kier alpha value is -3.08. The highest BCUT2D eigenvalue weighted by molar-refractivity contribution is 5.92. The van der Waals surface area contributed by atoms with Gasteiger partial charge < -0.3 is 4.90 Å². The van der Waals surface area contributed by atoms with Crippen LogP contribution in [0.1, 0.15) is 21.6 Å². The summed E-state index contributed by atoms with van der Waals surface area (Å²) in [5.74, 6) is 1.94. The summed E-state index contributed by atoms with van der Waals surface area (Å²) < 4.78 is 39.5. The minimum absolute atomic E-state index is 0.0563. The maximum Gasteiger partial charge on any atom is 0.416 e. The van der Waals surface area contributed by atoms with Crippen molar-refractivity contribution in [3.63, 3.8) is 0 Å². The Balaban J connectivity index is 2.15. The molecule has 8 heteroatoms. The Morgan fingerprint density at radius 2 is 2.20 bits per heavy atom. The van der Waals surface area contributed by atoms with E-state index in [0.717, 1.165) is 12.1 Å². The lowest BCUT2D eigenvalue weighted by molar-refractivity contribution is -0.137. The van der Waals surface area contributed by atoms with Crippen LogP contribution < -0.4 is 0 Å². The lowest BCUT2D eigenvalue weighted by Gasteiger charge is -2.16. The highest BCUT2D eigenvalue weighted by Crippen LogP contribution is 2.29. The van der Waals surface area contributed by atoms with Gasteiger partial charge in [0.15, 0.2) is 5.69 Å². The molecule has 0 saturated carbocycles. The first-order chi connectivity index (χ1) is 11.8. The molecular formula is C17H15F3N4O. The lowest BCUT2D eigenvalue weighted by Crippen LogP contribution is -2.31. The maximum atomic E-state index is 12.7. The fourth-order valence-electron chi connectivity index (χ4n) is 2.15. The zero-order chi connectivity index (χ0) is 18.4. The van der Waals surface area contributed by atoms with Crippen LogP contribution in [-0.2, 0) is 12.7 Å². The van der Waals surface area contributed by atoms with Gasteiger partial charge in [-0.3, -0.25) is 4.79 Å². The molecule has 1 heterocycles. The van der Waals surface area contributed by atoms with Gasteiger partial charge in [-0.05, 0) is 17.7 Å². The molecule has 0 saturated heterocycles. The molecule has 0 radical (unpaired) electrons. The van der Waals surface area contributed by atoms with Crippen molar-refractivity contribution in [3.05, 3.63) is 59.9 Å². The molecule has 0 unspecified atom stereocenters. The number of carbonyl (C=O) groups is 1. The largest absolute Gasteiger partial charge is 0.416 e. The highest BCUT2D eigenvalue weighted by atomic mass is 19.4. The van der Waals surface area contributed by atoms with Gasteiger partial charge >= 0.3 is 6.18 Å². The van der Waals surface area contributed by atoms with Crippen molar-refractivity contribution in [1.82, 2.24) is 19.9 Å². The van der Waals surface area contributed by atoms with Crippen LogP contribution in [0.4, 0.5) is 13.2 Å². The molecule has 5 nitrogen and oxygen atoms in total. The van der Waals surface area contributed by atoms with Crippen molar-refractivity contribution in [2.24, 2.45) is 0 Å². The molecule has 0 fully saturated rings. The molecule has 0 atom stereocenters. The number of benzene rings is 1. The van der Waals surface area contributed by atoms with E-state index >= 15 is 0 Å². The van der Waals surface area contributed by atoms with Crippen molar-refractivity contribution >= 4 is 5.91 Å². The quantitative estimate of drug-likeness (QED) is 0.596. The number of amides is 1. The van der Waals surface area contributed by atoms with Crippen LogP contribution in [0.2, 0.25) is 0 Å². The summed E-state index contributed by atoms with van der Waals surface area (Å²) in [6.07, 6.45) is 3.70. The number of halogens is 3. The first-order valence-electron chi connectivity index (χ1n) is 7.25. The van der Waals surface area contributed by atoms with Crippen LogP contribution in [0.3, 0.4) is 0 Å². The van der Waals surface area contributed by atoms with Gasteiger partial charge in [0.05, 0.1) is 24.8 Å². The van der Waals surface area contributed by atoms with E-state index in [4.69, 9.17) is 6.42 Å². The van der Waals surface area contributed by atoms with E-state index in [9.17, 15) is 18.0 Å². The first-order valence-corrected chi connectivity index (χ1v) is 7.25. The Kier molecular flexibility index (Phi) is 5.60. The number of hydrogen-bond donors (Lipinski definition) is 0. The Labute approximate surface area is 142 Å². The second-order valence-electron chi connectivity index (χ2n) is 5.18. The second-order valence-corrected chi connectivity index (χ2v) is 5.18. The normalized spacial score (nSPS) is 11.0. The molecule has 25 heavy (non-hydrogen) atoms. The predicted octanol–water partition coefficient (Wildman–Crippen LogP) is 2.61. The number of carbonyl (C=O) groups excluding carboxylic acids is 1. The highest BCUT2D eigenvalue weighted by Gasteiger charge is 2.30. The standard InChI is InChI=1S/C17H15F3N4O/c1-3-8-23(9-4-2)16(25)15-12-24(22-21-15)11-13-6-5-7-14(10-13)17(18,19)20/h1,4-7,10,12H,2,8-9,11H2. The number of alkyl halides is 3. The summed E-state index contributed by atoms with van der Waals surface area (Å²) in [6, 6.07) is 4.89. The van der Waals surface area contributed by atoms with Crippen LogP contribution in [0.5, 0.6) is 0 Å². The van der Waals surface area contributed by atoms with Gasteiger partial charge in [-0.15, -0.1) is 18.1 Å². The minimum atomic E-state index is -4.42. The maximum absolute atomic E-state index is 12.7. The molecule has 0 aliphatic heterocycles. The molecule has 1 aromatic heterocycles. The molecule has 2 aromatic rings.